The number of aromatic nitrogens is 9. The van der Waals surface area contributed by atoms with E-state index in [1.54, 1.807) is 22.7 Å². The molecule has 0 amide bonds. The Bertz CT molecular complexity index is 7850. The fraction of sp³-hybridized carbons (Fsp3) is 0. The Kier molecular flexibility index (Phi) is 16.4. The highest BCUT2D eigenvalue weighted by Crippen LogP contribution is 2.48. The van der Waals surface area contributed by atoms with E-state index in [0.717, 1.165) is 180 Å². The Labute approximate surface area is 684 Å². The van der Waals surface area contributed by atoms with Crippen molar-refractivity contribution in [1.29, 1.82) is 0 Å². The summed E-state index contributed by atoms with van der Waals surface area (Å²) in [4.78, 5) is 47.5. The number of hydrogen-bond acceptors (Lipinski definition) is 13. The molecule has 550 valence electrons. The van der Waals surface area contributed by atoms with E-state index in [4.69, 9.17) is 53.7 Å². The van der Waals surface area contributed by atoms with Gasteiger partial charge in [-0.3, -0.25) is 0 Å². The molecule has 8 heterocycles. The van der Waals surface area contributed by atoms with Crippen molar-refractivity contribution in [2.45, 2.75) is 0 Å². The van der Waals surface area contributed by atoms with Gasteiger partial charge in [-0.2, -0.15) is 0 Å². The standard InChI is InChI=1S/C105H61N9O2S2/c1-5-23-62(24-6-1)72-31-17-33-74(59-72)85-61-84(66-25-7-2-8-26-66)106-104(107-85)82-41-21-45-88-90(82)80-39-19-37-76(98(80)117-88)65-51-57-71(58-52-65)100-108-92(96-94(110-100)78-35-13-15-43-86(78)115-96)67-53-47-63(48-54-67)64-49-55-68(56-50-64)93-97-95(79-36-14-16-44-87(79)116-97)111-103(109-93)75-34-18-32-73(60-75)77-38-20-40-81-91-83(42-22-46-89(91)118-99(77)81)105-113-101(69-27-9-3-10-28-69)112-102(114-105)70-29-11-4-12-30-70/h1-61H. The molecule has 0 fully saturated rings. The lowest BCUT2D eigenvalue weighted by atomic mass is 9.98. The molecular formula is C105H61N9O2S2. The van der Waals surface area contributed by atoms with E-state index in [1.807, 2.05) is 109 Å². The van der Waals surface area contributed by atoms with Crippen LogP contribution in [-0.2, 0) is 0 Å². The van der Waals surface area contributed by atoms with Crippen molar-refractivity contribution in [3.8, 4) is 158 Å². The maximum Gasteiger partial charge on any atom is 0.180 e. The third kappa shape index (κ3) is 12.0. The number of nitrogens with zero attached hydrogens (tertiary/aromatic N) is 9. The van der Waals surface area contributed by atoms with Crippen LogP contribution in [0.3, 0.4) is 0 Å². The van der Waals surface area contributed by atoms with E-state index in [1.165, 1.54) is 4.70 Å². The highest BCUT2D eigenvalue weighted by atomic mass is 32.1. The second-order valence-electron chi connectivity index (χ2n) is 29.4. The molecule has 23 aromatic rings. The molecule has 0 N–H and O–H groups in total. The van der Waals surface area contributed by atoms with Crippen LogP contribution in [0.25, 0.3) is 242 Å². The van der Waals surface area contributed by atoms with Crippen LogP contribution >= 0.6 is 22.7 Å². The third-order valence-corrected chi connectivity index (χ3v) is 24.7. The van der Waals surface area contributed by atoms with E-state index in [9.17, 15) is 0 Å². The smallest absolute Gasteiger partial charge is 0.180 e. The number of rotatable bonds is 14. The minimum absolute atomic E-state index is 0.592. The molecule has 0 saturated carbocycles. The van der Waals surface area contributed by atoms with Gasteiger partial charge in [0.25, 0.3) is 0 Å². The Hall–Kier alpha value is -15.4. The van der Waals surface area contributed by atoms with E-state index in [0.29, 0.717) is 57.5 Å². The SMILES string of the molecule is c1ccc(-c2cccc(-c3cc(-c4ccccc4)nc(-c4cccc5sc6c(-c7ccc(-c8nc(-c9ccc(-c%10ccc(-c%11nc(-c%12cccc(-c%13cccc%14c%13sc%13cccc(-c%15nc(-c%16ccccc%16)nc(-c%16ccccc%16)n%15)c%13%14)c%12)nc%12c%11oc%11ccccc%11%12)cc%10)cc9)c9oc%10ccccc%10c9n8)cc7)cccc6c45)n3)c2)cc1. The molecule has 13 heteroatoms. The summed E-state index contributed by atoms with van der Waals surface area (Å²) in [7, 11) is 0. The molecular weight excluding hydrogens is 1480 g/mol. The van der Waals surface area contributed by atoms with Gasteiger partial charge in [0.2, 0.25) is 0 Å². The molecule has 0 unspecified atom stereocenters. The second kappa shape index (κ2) is 28.3. The summed E-state index contributed by atoms with van der Waals surface area (Å²) in [6.45, 7) is 0. The predicted octanol–water partition coefficient (Wildman–Crippen LogP) is 28.1. The lowest BCUT2D eigenvalue weighted by molar-refractivity contribution is 0.667. The van der Waals surface area contributed by atoms with Gasteiger partial charge in [-0.25, -0.2) is 44.9 Å². The molecule has 0 aliphatic heterocycles. The Morgan fingerprint density at radius 2 is 0.534 bits per heavy atom. The molecule has 23 rings (SSSR count). The molecule has 118 heavy (non-hydrogen) atoms. The molecule has 0 aliphatic carbocycles. The van der Waals surface area contributed by atoms with Crippen molar-refractivity contribution in [2.75, 3.05) is 0 Å². The van der Waals surface area contributed by atoms with Crippen LogP contribution in [0.2, 0.25) is 0 Å². The Morgan fingerprint density at radius 1 is 0.195 bits per heavy atom. The highest BCUT2D eigenvalue weighted by molar-refractivity contribution is 7.27. The highest BCUT2D eigenvalue weighted by Gasteiger charge is 2.25. The molecule has 0 radical (unpaired) electrons. The first-order valence-electron chi connectivity index (χ1n) is 39.1. The molecule has 0 bridgehead atoms. The summed E-state index contributed by atoms with van der Waals surface area (Å²) < 4.78 is 18.0. The van der Waals surface area contributed by atoms with Gasteiger partial charge in [-0.1, -0.05) is 315 Å². The van der Waals surface area contributed by atoms with Gasteiger partial charge in [0.05, 0.1) is 11.4 Å². The van der Waals surface area contributed by atoms with Crippen LogP contribution in [0.15, 0.2) is 379 Å². The monoisotopic (exact) mass is 1540 g/mol. The number of thiophene rings is 2. The molecule has 11 nitrogen and oxygen atoms in total. The zero-order valence-corrected chi connectivity index (χ0v) is 64.5. The average molecular weight is 1540 g/mol. The van der Waals surface area contributed by atoms with Gasteiger partial charge < -0.3 is 8.83 Å². The number of para-hydroxylation sites is 2. The molecule has 0 spiro atoms. The van der Waals surface area contributed by atoms with Crippen molar-refractivity contribution < 1.29 is 8.83 Å². The lowest BCUT2D eigenvalue weighted by Gasteiger charge is -2.11. The van der Waals surface area contributed by atoms with Crippen molar-refractivity contribution in [1.82, 2.24) is 44.9 Å². The van der Waals surface area contributed by atoms with Gasteiger partial charge in [0, 0.05) is 107 Å². The van der Waals surface area contributed by atoms with Gasteiger partial charge in [-0.15, -0.1) is 22.7 Å². The first kappa shape index (κ1) is 68.2. The zero-order valence-electron chi connectivity index (χ0n) is 62.9. The maximum absolute atomic E-state index is 6.69. The molecule has 8 aromatic heterocycles. The molecule has 0 atom stereocenters. The summed E-state index contributed by atoms with van der Waals surface area (Å²) in [6.07, 6.45) is 0. The second-order valence-corrected chi connectivity index (χ2v) is 31.5. The summed E-state index contributed by atoms with van der Waals surface area (Å²) in [5.41, 5.74) is 25.5. The largest absolute Gasteiger partial charge is 0.452 e. The van der Waals surface area contributed by atoms with Crippen molar-refractivity contribution >= 4 is 107 Å². The van der Waals surface area contributed by atoms with Crippen LogP contribution in [0.4, 0.5) is 0 Å². The molecule has 0 saturated heterocycles. The molecule has 0 aliphatic rings. The van der Waals surface area contributed by atoms with E-state index >= 15 is 0 Å². The normalized spacial score (nSPS) is 11.7. The fourth-order valence-corrected chi connectivity index (χ4v) is 19.0. The first-order chi connectivity index (χ1) is 58.4. The van der Waals surface area contributed by atoms with E-state index in [2.05, 4.69) is 261 Å². The van der Waals surface area contributed by atoms with Gasteiger partial charge >= 0.3 is 0 Å². The maximum atomic E-state index is 6.69. The third-order valence-electron chi connectivity index (χ3n) is 22.3. The van der Waals surface area contributed by atoms with Crippen LogP contribution < -0.4 is 0 Å². The number of furan rings is 2. The van der Waals surface area contributed by atoms with Gasteiger partial charge in [-0.05, 0) is 99.1 Å². The van der Waals surface area contributed by atoms with Crippen LogP contribution in [0.1, 0.15) is 0 Å². The number of fused-ring (bicyclic) bond motifs is 12. The van der Waals surface area contributed by atoms with Crippen LogP contribution in [-0.4, -0.2) is 44.9 Å². The summed E-state index contributed by atoms with van der Waals surface area (Å²) in [5, 5.41) is 6.35. The summed E-state index contributed by atoms with van der Waals surface area (Å²) in [6, 6.07) is 128. The quantitative estimate of drug-likeness (QED) is 0.103. The fourth-order valence-electron chi connectivity index (χ4n) is 16.5. The first-order valence-corrected chi connectivity index (χ1v) is 40.7. The summed E-state index contributed by atoms with van der Waals surface area (Å²) >= 11 is 3.57. The number of hydrogen-bond donors (Lipinski definition) is 0. The van der Waals surface area contributed by atoms with E-state index in [-0.39, 0.29) is 0 Å². The van der Waals surface area contributed by atoms with Crippen molar-refractivity contribution in [3.63, 3.8) is 0 Å². The molecule has 15 aromatic carbocycles. The number of benzene rings is 15. The minimum atomic E-state index is 0.592. The zero-order chi connectivity index (χ0) is 77.7. The topological polar surface area (TPSA) is 142 Å². The summed E-state index contributed by atoms with van der Waals surface area (Å²) in [5.74, 6) is 3.73. The lowest BCUT2D eigenvalue weighted by Crippen LogP contribution is -2.00. The van der Waals surface area contributed by atoms with Gasteiger partial charge in [0.15, 0.2) is 46.1 Å². The average Bonchev–Trinajstić information content (AvgIpc) is 1.61. The van der Waals surface area contributed by atoms with Crippen LogP contribution in [0, 0.1) is 0 Å². The van der Waals surface area contributed by atoms with Crippen molar-refractivity contribution in [3.05, 3.63) is 370 Å². The Balaban J connectivity index is 0.555. The van der Waals surface area contributed by atoms with Crippen LogP contribution in [0.5, 0.6) is 0 Å². The van der Waals surface area contributed by atoms with E-state index < -0.39 is 0 Å². The van der Waals surface area contributed by atoms with Crippen molar-refractivity contribution in [2.24, 2.45) is 0 Å². The van der Waals surface area contributed by atoms with Gasteiger partial charge in [0.1, 0.15) is 33.6 Å². The predicted molar refractivity (Wildman–Crippen MR) is 483 cm³/mol. The Morgan fingerprint density at radius 3 is 1.08 bits per heavy atom. The minimum Gasteiger partial charge on any atom is -0.452 e.